The molecule has 0 amide bonds. The zero-order valence-corrected chi connectivity index (χ0v) is 14.9. The molecule has 1 nitrogen and oxygen atoms in total. The molecule has 21 heavy (non-hydrogen) atoms. The van der Waals surface area contributed by atoms with Crippen LogP contribution in [0.1, 0.15) is 44.2 Å². The second-order valence-electron chi connectivity index (χ2n) is 5.59. The molecule has 6 heteroatoms. The summed E-state index contributed by atoms with van der Waals surface area (Å²) >= 11 is 6.86. The highest BCUT2D eigenvalue weighted by molar-refractivity contribution is 9.11. The number of benzene rings is 1. The first-order valence-electron chi connectivity index (χ1n) is 7.06. The van der Waals surface area contributed by atoms with Crippen LogP contribution in [0.25, 0.3) is 0 Å². The number of nitrogens with one attached hydrogen (secondary N) is 1. The Morgan fingerprint density at radius 1 is 1.19 bits per heavy atom. The lowest BCUT2D eigenvalue weighted by Crippen LogP contribution is -2.46. The van der Waals surface area contributed by atoms with Gasteiger partial charge in [-0.3, -0.25) is 0 Å². The Bertz CT molecular complexity index is 490. The van der Waals surface area contributed by atoms with Gasteiger partial charge in [0, 0.05) is 21.0 Å². The van der Waals surface area contributed by atoms with Gasteiger partial charge in [0.2, 0.25) is 0 Å². The minimum Gasteiger partial charge on any atom is -0.307 e. The van der Waals surface area contributed by atoms with E-state index in [1.807, 2.05) is 25.1 Å². The second kappa shape index (κ2) is 7.01. The van der Waals surface area contributed by atoms with Crippen LogP contribution in [-0.2, 0) is 0 Å². The van der Waals surface area contributed by atoms with Gasteiger partial charge in [0.05, 0.1) is 5.92 Å². The molecule has 1 fully saturated rings. The van der Waals surface area contributed by atoms with E-state index in [2.05, 4.69) is 37.2 Å². The molecule has 1 saturated carbocycles. The largest absolute Gasteiger partial charge is 0.393 e. The van der Waals surface area contributed by atoms with Crippen LogP contribution >= 0.6 is 31.9 Å². The Hall–Kier alpha value is -0.0700. The summed E-state index contributed by atoms with van der Waals surface area (Å²) in [7, 11) is 0. The maximum atomic E-state index is 13.1. The predicted octanol–water partition coefficient (Wildman–Crippen LogP) is 5.98. The van der Waals surface area contributed by atoms with E-state index in [0.717, 1.165) is 20.9 Å². The smallest absolute Gasteiger partial charge is 0.307 e. The van der Waals surface area contributed by atoms with Crippen LogP contribution in [0.4, 0.5) is 13.2 Å². The van der Waals surface area contributed by atoms with Crippen LogP contribution < -0.4 is 5.32 Å². The van der Waals surface area contributed by atoms with Crippen molar-refractivity contribution < 1.29 is 13.2 Å². The lowest BCUT2D eigenvalue weighted by molar-refractivity contribution is -0.189. The van der Waals surface area contributed by atoms with E-state index in [-0.39, 0.29) is 12.5 Å². The van der Waals surface area contributed by atoms with Crippen LogP contribution in [0, 0.1) is 5.92 Å². The third kappa shape index (κ3) is 4.45. The zero-order valence-electron chi connectivity index (χ0n) is 11.7. The number of hydrogen-bond donors (Lipinski definition) is 1. The van der Waals surface area contributed by atoms with Crippen molar-refractivity contribution in [3.63, 3.8) is 0 Å². The third-order valence-corrected chi connectivity index (χ3v) is 5.26. The van der Waals surface area contributed by atoms with E-state index < -0.39 is 18.1 Å². The van der Waals surface area contributed by atoms with Crippen LogP contribution in [0.2, 0.25) is 0 Å². The molecule has 1 aromatic carbocycles. The first-order chi connectivity index (χ1) is 9.79. The van der Waals surface area contributed by atoms with Gasteiger partial charge < -0.3 is 5.32 Å². The summed E-state index contributed by atoms with van der Waals surface area (Å²) in [5, 5.41) is 3.19. The Balaban J connectivity index is 2.11. The van der Waals surface area contributed by atoms with Crippen molar-refractivity contribution in [1.29, 1.82) is 0 Å². The molecule has 0 aromatic heterocycles. The molecular weight excluding hydrogens is 411 g/mol. The monoisotopic (exact) mass is 427 g/mol. The second-order valence-corrected chi connectivity index (χ2v) is 7.36. The first kappa shape index (κ1) is 17.3. The van der Waals surface area contributed by atoms with Gasteiger partial charge in [0.15, 0.2) is 0 Å². The summed E-state index contributed by atoms with van der Waals surface area (Å²) < 4.78 is 41.2. The molecule has 0 spiro atoms. The van der Waals surface area contributed by atoms with Gasteiger partial charge in [-0.05, 0) is 37.5 Å². The number of hydrogen-bond acceptors (Lipinski definition) is 1. The molecule has 1 aliphatic rings. The highest BCUT2D eigenvalue weighted by Gasteiger charge is 2.45. The third-order valence-electron chi connectivity index (χ3n) is 4.08. The molecule has 0 bridgehead atoms. The van der Waals surface area contributed by atoms with Crippen LogP contribution in [0.5, 0.6) is 0 Å². The Labute approximate surface area is 139 Å². The summed E-state index contributed by atoms with van der Waals surface area (Å²) in [4.78, 5) is 0. The molecule has 0 saturated heterocycles. The van der Waals surface area contributed by atoms with Crippen molar-refractivity contribution in [3.8, 4) is 0 Å². The van der Waals surface area contributed by atoms with Crippen molar-refractivity contribution in [2.45, 2.75) is 50.9 Å². The number of alkyl halides is 3. The van der Waals surface area contributed by atoms with E-state index in [9.17, 15) is 13.2 Å². The van der Waals surface area contributed by atoms with Crippen molar-refractivity contribution >= 4 is 31.9 Å². The van der Waals surface area contributed by atoms with E-state index in [1.165, 1.54) is 0 Å². The van der Waals surface area contributed by atoms with E-state index in [4.69, 9.17) is 0 Å². The van der Waals surface area contributed by atoms with Crippen molar-refractivity contribution in [1.82, 2.24) is 5.32 Å². The number of rotatable bonds is 3. The molecule has 118 valence electrons. The topological polar surface area (TPSA) is 12.0 Å². The average molecular weight is 429 g/mol. The van der Waals surface area contributed by atoms with Gasteiger partial charge in [-0.1, -0.05) is 50.8 Å². The summed E-state index contributed by atoms with van der Waals surface area (Å²) in [5.74, 6) is -1.23. The molecule has 1 aliphatic carbocycles. The maximum Gasteiger partial charge on any atom is 0.393 e. The molecule has 0 radical (unpaired) electrons. The minimum atomic E-state index is -4.12. The Morgan fingerprint density at radius 2 is 1.86 bits per heavy atom. The molecule has 0 aliphatic heterocycles. The standard InChI is InChI=1S/C15H18Br2F3N/c1-9(11-7-6-10(16)8-13(11)17)21-14-5-3-2-4-12(14)15(18,19)20/h6-9,12,14,21H,2-5H2,1H3. The minimum absolute atomic E-state index is 0.125. The van der Waals surface area contributed by atoms with Crippen LogP contribution in [0.15, 0.2) is 27.1 Å². The van der Waals surface area contributed by atoms with Gasteiger partial charge in [-0.2, -0.15) is 13.2 Å². The zero-order chi connectivity index (χ0) is 15.6. The summed E-state index contributed by atoms with van der Waals surface area (Å²) in [6.45, 7) is 1.91. The van der Waals surface area contributed by atoms with Gasteiger partial charge >= 0.3 is 6.18 Å². The van der Waals surface area contributed by atoms with E-state index >= 15 is 0 Å². The van der Waals surface area contributed by atoms with Crippen LogP contribution in [-0.4, -0.2) is 12.2 Å². The average Bonchev–Trinajstić information content (AvgIpc) is 2.37. The van der Waals surface area contributed by atoms with Gasteiger partial charge in [-0.15, -0.1) is 0 Å². The fourth-order valence-corrected chi connectivity index (χ4v) is 4.38. The Morgan fingerprint density at radius 3 is 2.48 bits per heavy atom. The molecular formula is C15H18Br2F3N. The number of halogens is 5. The van der Waals surface area contributed by atoms with Crippen LogP contribution in [0.3, 0.4) is 0 Å². The highest BCUT2D eigenvalue weighted by atomic mass is 79.9. The molecule has 1 aromatic rings. The molecule has 1 N–H and O–H groups in total. The fraction of sp³-hybridized carbons (Fsp3) is 0.600. The summed E-state index contributed by atoms with van der Waals surface area (Å²) in [5.41, 5.74) is 0.977. The molecule has 2 rings (SSSR count). The Kier molecular flexibility index (Phi) is 5.77. The SMILES string of the molecule is CC(NC1CCCCC1C(F)(F)F)c1ccc(Br)cc1Br. The quantitative estimate of drug-likeness (QED) is 0.623. The molecule has 0 heterocycles. The highest BCUT2D eigenvalue weighted by Crippen LogP contribution is 2.39. The van der Waals surface area contributed by atoms with Crippen molar-refractivity contribution in [3.05, 3.63) is 32.7 Å². The fourth-order valence-electron chi connectivity index (χ4n) is 2.99. The maximum absolute atomic E-state index is 13.1. The first-order valence-corrected chi connectivity index (χ1v) is 8.65. The van der Waals surface area contributed by atoms with E-state index in [1.54, 1.807) is 0 Å². The normalized spacial score (nSPS) is 24.9. The lowest BCUT2D eigenvalue weighted by atomic mass is 9.83. The summed E-state index contributed by atoms with van der Waals surface area (Å²) in [6.07, 6.45) is -1.77. The van der Waals surface area contributed by atoms with Gasteiger partial charge in [0.1, 0.15) is 0 Å². The lowest BCUT2D eigenvalue weighted by Gasteiger charge is -2.35. The molecule has 3 atom stereocenters. The van der Waals surface area contributed by atoms with Gasteiger partial charge in [-0.25, -0.2) is 0 Å². The van der Waals surface area contributed by atoms with E-state index in [0.29, 0.717) is 12.8 Å². The van der Waals surface area contributed by atoms with Crippen molar-refractivity contribution in [2.75, 3.05) is 0 Å². The molecule has 3 unspecified atom stereocenters. The van der Waals surface area contributed by atoms with Gasteiger partial charge in [0.25, 0.3) is 0 Å². The van der Waals surface area contributed by atoms with Crippen molar-refractivity contribution in [2.24, 2.45) is 5.92 Å². The summed E-state index contributed by atoms with van der Waals surface area (Å²) in [6, 6.07) is 5.12. The predicted molar refractivity (Wildman–Crippen MR) is 85.2 cm³/mol.